The van der Waals surface area contributed by atoms with Crippen LogP contribution < -0.4 is 14.4 Å². The summed E-state index contributed by atoms with van der Waals surface area (Å²) in [5.41, 5.74) is 2.90. The fourth-order valence-corrected chi connectivity index (χ4v) is 4.05. The number of carbonyl (C=O) groups is 1. The normalized spacial score (nSPS) is 15.8. The molecule has 0 aliphatic carbocycles. The molecule has 0 N–H and O–H groups in total. The third-order valence-electron chi connectivity index (χ3n) is 5.33. The average Bonchev–Trinajstić information content (AvgIpc) is 2.74. The summed E-state index contributed by atoms with van der Waals surface area (Å²) in [4.78, 5) is 14.7. The van der Waals surface area contributed by atoms with Crippen molar-refractivity contribution in [2.24, 2.45) is 0 Å². The Kier molecular flexibility index (Phi) is 4.67. The van der Waals surface area contributed by atoms with Gasteiger partial charge in [-0.15, -0.1) is 6.42 Å². The van der Waals surface area contributed by atoms with Crippen molar-refractivity contribution in [1.29, 1.82) is 0 Å². The number of terminal acetylenes is 1. The maximum absolute atomic E-state index is 13.0. The predicted octanol–water partition coefficient (Wildman–Crippen LogP) is 4.36. The minimum Gasteiger partial charge on any atom is -0.497 e. The van der Waals surface area contributed by atoms with Gasteiger partial charge in [0, 0.05) is 23.6 Å². The molecular formula is C24H21NO3. The topological polar surface area (TPSA) is 38.8 Å². The molecule has 1 aliphatic heterocycles. The molecule has 3 aromatic rings. The number of benzene rings is 3. The van der Waals surface area contributed by atoms with E-state index in [9.17, 15) is 4.79 Å². The van der Waals surface area contributed by atoms with Crippen LogP contribution in [-0.2, 0) is 4.79 Å². The van der Waals surface area contributed by atoms with Crippen LogP contribution in [0.15, 0.2) is 54.6 Å². The van der Waals surface area contributed by atoms with Gasteiger partial charge in [0.05, 0.1) is 20.8 Å². The minimum atomic E-state index is -0.146. The van der Waals surface area contributed by atoms with E-state index in [-0.39, 0.29) is 18.4 Å². The zero-order valence-corrected chi connectivity index (χ0v) is 15.9. The molecule has 4 heteroatoms. The van der Waals surface area contributed by atoms with E-state index in [1.165, 1.54) is 0 Å². The van der Waals surface area contributed by atoms with Crippen molar-refractivity contribution in [2.75, 3.05) is 25.7 Å². The Hall–Kier alpha value is -3.45. The first-order valence-electron chi connectivity index (χ1n) is 9.15. The number of methoxy groups -OCH3 is 2. The van der Waals surface area contributed by atoms with E-state index in [0.717, 1.165) is 39.1 Å². The van der Waals surface area contributed by atoms with E-state index in [2.05, 4.69) is 18.1 Å². The second-order valence-corrected chi connectivity index (χ2v) is 6.77. The van der Waals surface area contributed by atoms with Crippen LogP contribution in [0.1, 0.15) is 23.5 Å². The van der Waals surface area contributed by atoms with Gasteiger partial charge >= 0.3 is 0 Å². The van der Waals surface area contributed by atoms with Crippen LogP contribution in [0.2, 0.25) is 0 Å². The molecule has 1 amide bonds. The quantitative estimate of drug-likeness (QED) is 0.640. The molecule has 0 fully saturated rings. The predicted molar refractivity (Wildman–Crippen MR) is 111 cm³/mol. The number of nitrogens with zero attached hydrogens (tertiary/aromatic N) is 1. The molecule has 1 unspecified atom stereocenters. The Balaban J connectivity index is 2.01. The maximum Gasteiger partial charge on any atom is 0.228 e. The van der Waals surface area contributed by atoms with Crippen molar-refractivity contribution in [2.45, 2.75) is 12.3 Å². The highest BCUT2D eigenvalue weighted by atomic mass is 16.5. The third kappa shape index (κ3) is 2.86. The summed E-state index contributed by atoms with van der Waals surface area (Å²) < 4.78 is 11.1. The summed E-state index contributed by atoms with van der Waals surface area (Å²) >= 11 is 0. The molecule has 28 heavy (non-hydrogen) atoms. The highest BCUT2D eigenvalue weighted by Gasteiger charge is 2.34. The van der Waals surface area contributed by atoms with Gasteiger partial charge in [-0.3, -0.25) is 4.79 Å². The number of ether oxygens (including phenoxy) is 2. The van der Waals surface area contributed by atoms with Gasteiger partial charge in [-0.25, -0.2) is 0 Å². The molecule has 0 aromatic heterocycles. The lowest BCUT2D eigenvalue weighted by atomic mass is 9.80. The van der Waals surface area contributed by atoms with Crippen LogP contribution in [0.3, 0.4) is 0 Å². The number of amides is 1. The average molecular weight is 371 g/mol. The molecule has 3 aromatic carbocycles. The lowest BCUT2D eigenvalue weighted by Crippen LogP contribution is -2.37. The van der Waals surface area contributed by atoms with Crippen molar-refractivity contribution in [1.82, 2.24) is 0 Å². The summed E-state index contributed by atoms with van der Waals surface area (Å²) in [5, 5.41) is 2.24. The second kappa shape index (κ2) is 7.28. The number of anilines is 1. The monoisotopic (exact) mass is 371 g/mol. The van der Waals surface area contributed by atoms with Crippen LogP contribution in [0, 0.1) is 12.3 Å². The molecule has 1 atom stereocenters. The Morgan fingerprint density at radius 2 is 1.93 bits per heavy atom. The zero-order valence-electron chi connectivity index (χ0n) is 15.9. The number of hydrogen-bond acceptors (Lipinski definition) is 3. The van der Waals surface area contributed by atoms with E-state index >= 15 is 0 Å². The van der Waals surface area contributed by atoms with Gasteiger partial charge in [0.25, 0.3) is 0 Å². The van der Waals surface area contributed by atoms with Gasteiger partial charge < -0.3 is 14.4 Å². The van der Waals surface area contributed by atoms with Gasteiger partial charge in [0.1, 0.15) is 11.5 Å². The van der Waals surface area contributed by atoms with E-state index in [1.807, 2.05) is 42.5 Å². The summed E-state index contributed by atoms with van der Waals surface area (Å²) in [5.74, 6) is 3.95. The number of carbonyl (C=O) groups excluding carboxylic acids is 1. The lowest BCUT2D eigenvalue weighted by molar-refractivity contribution is -0.119. The maximum atomic E-state index is 13.0. The van der Waals surface area contributed by atoms with E-state index < -0.39 is 0 Å². The fraction of sp³-hybridized carbons (Fsp3) is 0.208. The van der Waals surface area contributed by atoms with Gasteiger partial charge in [-0.1, -0.05) is 36.3 Å². The minimum absolute atomic E-state index is 0.00982. The molecule has 0 saturated heterocycles. The molecule has 1 aliphatic rings. The second-order valence-electron chi connectivity index (χ2n) is 6.77. The summed E-state index contributed by atoms with van der Waals surface area (Å²) in [6.45, 7) is 0.256. The SMILES string of the molecule is C#CCN1C(=O)CC(c2cc(OC)ccc2OC)c2c1ccc1ccccc21. The zero-order chi connectivity index (χ0) is 19.7. The van der Waals surface area contributed by atoms with E-state index in [0.29, 0.717) is 6.42 Å². The molecule has 4 rings (SSSR count). The van der Waals surface area contributed by atoms with Crippen LogP contribution in [-0.4, -0.2) is 26.7 Å². The Morgan fingerprint density at radius 1 is 1.11 bits per heavy atom. The molecule has 1 heterocycles. The molecule has 0 spiro atoms. The smallest absolute Gasteiger partial charge is 0.228 e. The molecule has 0 saturated carbocycles. The molecule has 0 bridgehead atoms. The molecule has 0 radical (unpaired) electrons. The highest BCUT2D eigenvalue weighted by Crippen LogP contribution is 2.46. The first-order chi connectivity index (χ1) is 13.7. The highest BCUT2D eigenvalue weighted by molar-refractivity contribution is 6.03. The van der Waals surface area contributed by atoms with Gasteiger partial charge in [0.15, 0.2) is 0 Å². The van der Waals surface area contributed by atoms with Crippen molar-refractivity contribution < 1.29 is 14.3 Å². The van der Waals surface area contributed by atoms with Crippen LogP contribution in [0.5, 0.6) is 11.5 Å². The Morgan fingerprint density at radius 3 is 2.68 bits per heavy atom. The first kappa shape index (κ1) is 17.9. The molecule has 4 nitrogen and oxygen atoms in total. The van der Waals surface area contributed by atoms with Crippen molar-refractivity contribution in [3.05, 3.63) is 65.7 Å². The standard InChI is InChI=1S/C24H21NO3/c1-4-13-25-21-11-9-16-7-5-6-8-18(16)24(21)20(15-23(25)26)19-14-17(27-2)10-12-22(19)28-3/h1,5-12,14,20H,13,15H2,2-3H3. The summed E-state index contributed by atoms with van der Waals surface area (Å²) in [6, 6.07) is 17.9. The lowest BCUT2D eigenvalue weighted by Gasteiger charge is -2.35. The van der Waals surface area contributed by atoms with E-state index in [4.69, 9.17) is 15.9 Å². The molecular weight excluding hydrogens is 350 g/mol. The summed E-state index contributed by atoms with van der Waals surface area (Å²) in [7, 11) is 3.28. The van der Waals surface area contributed by atoms with Crippen molar-refractivity contribution in [3.63, 3.8) is 0 Å². The van der Waals surface area contributed by atoms with Gasteiger partial charge in [-0.05, 0) is 40.6 Å². The van der Waals surface area contributed by atoms with E-state index in [1.54, 1.807) is 19.1 Å². The molecule has 140 valence electrons. The van der Waals surface area contributed by atoms with Crippen molar-refractivity contribution in [3.8, 4) is 23.8 Å². The summed E-state index contributed by atoms with van der Waals surface area (Å²) in [6.07, 6.45) is 5.87. The van der Waals surface area contributed by atoms with Gasteiger partial charge in [0.2, 0.25) is 5.91 Å². The number of hydrogen-bond donors (Lipinski definition) is 0. The van der Waals surface area contributed by atoms with Crippen LogP contribution >= 0.6 is 0 Å². The van der Waals surface area contributed by atoms with Crippen LogP contribution in [0.4, 0.5) is 5.69 Å². The van der Waals surface area contributed by atoms with Crippen LogP contribution in [0.25, 0.3) is 10.8 Å². The van der Waals surface area contributed by atoms with Crippen molar-refractivity contribution >= 4 is 22.4 Å². The number of rotatable bonds is 4. The Bertz CT molecular complexity index is 1100. The number of fused-ring (bicyclic) bond motifs is 3. The first-order valence-corrected chi connectivity index (χ1v) is 9.15. The fourth-order valence-electron chi connectivity index (χ4n) is 4.05. The Labute approximate surface area is 164 Å². The third-order valence-corrected chi connectivity index (χ3v) is 5.33. The largest absolute Gasteiger partial charge is 0.497 e. The van der Waals surface area contributed by atoms with Gasteiger partial charge in [-0.2, -0.15) is 0 Å².